The topological polar surface area (TPSA) is 123 Å². The number of amides is 1. The zero-order valence-electron chi connectivity index (χ0n) is 21.0. The van der Waals surface area contributed by atoms with E-state index in [4.69, 9.17) is 15.7 Å². The summed E-state index contributed by atoms with van der Waals surface area (Å²) in [4.78, 5) is 22.5. The molecule has 1 amide bonds. The summed E-state index contributed by atoms with van der Waals surface area (Å²) in [5.74, 6) is 0.695. The number of halogens is 3. The second-order valence-corrected chi connectivity index (χ2v) is 9.48. The van der Waals surface area contributed by atoms with E-state index < -0.39 is 17.8 Å². The quantitative estimate of drug-likeness (QED) is 0.519. The highest BCUT2D eigenvalue weighted by molar-refractivity contribution is 5.82. The highest BCUT2D eigenvalue weighted by Gasteiger charge is 2.42. The van der Waals surface area contributed by atoms with Gasteiger partial charge in [-0.15, -0.1) is 0 Å². The number of hydrogen-bond acceptors (Lipinski definition) is 9. The number of alkyl halides is 3. The van der Waals surface area contributed by atoms with Gasteiger partial charge >= 0.3 is 6.18 Å². The minimum atomic E-state index is -4.56. The van der Waals surface area contributed by atoms with Gasteiger partial charge in [-0.2, -0.15) is 23.5 Å². The van der Waals surface area contributed by atoms with Gasteiger partial charge in [-0.3, -0.25) is 10.2 Å². The second kappa shape index (κ2) is 11.8. The summed E-state index contributed by atoms with van der Waals surface area (Å²) >= 11 is 0. The third-order valence-electron chi connectivity index (χ3n) is 6.83. The molecule has 0 aromatic carbocycles. The maximum absolute atomic E-state index is 13.6. The van der Waals surface area contributed by atoms with E-state index in [0.29, 0.717) is 44.7 Å². The van der Waals surface area contributed by atoms with Gasteiger partial charge in [0.1, 0.15) is 17.5 Å². The molecule has 0 aliphatic carbocycles. The molecule has 0 spiro atoms. The lowest BCUT2D eigenvalue weighted by Gasteiger charge is -2.36. The fourth-order valence-corrected chi connectivity index (χ4v) is 4.90. The van der Waals surface area contributed by atoms with E-state index in [2.05, 4.69) is 27.0 Å². The van der Waals surface area contributed by atoms with Crippen LogP contribution >= 0.6 is 0 Å². The molecular formula is C25H31F3N8O2. The number of piperazine rings is 1. The first kappa shape index (κ1) is 27.4. The van der Waals surface area contributed by atoms with Crippen molar-refractivity contribution in [3.8, 4) is 6.07 Å². The van der Waals surface area contributed by atoms with Crippen LogP contribution in [0.5, 0.6) is 0 Å². The average molecular weight is 533 g/mol. The Labute approximate surface area is 219 Å². The molecule has 3 N–H and O–H groups in total. The molecular weight excluding hydrogens is 501 g/mol. The molecule has 4 rings (SSSR count). The number of hydrogen-bond donors (Lipinski definition) is 2. The Morgan fingerprint density at radius 3 is 2.71 bits per heavy atom. The minimum Gasteiger partial charge on any atom is -0.378 e. The molecule has 2 fully saturated rings. The molecule has 2 saturated heterocycles. The van der Waals surface area contributed by atoms with Crippen molar-refractivity contribution in [3.05, 3.63) is 47.4 Å². The van der Waals surface area contributed by atoms with Gasteiger partial charge in [-0.1, -0.05) is 6.58 Å². The number of ether oxygens (including phenoxy) is 1. The number of pyridine rings is 1. The van der Waals surface area contributed by atoms with Crippen LogP contribution < -0.4 is 16.1 Å². The monoisotopic (exact) mass is 532 g/mol. The number of nitriles is 1. The summed E-state index contributed by atoms with van der Waals surface area (Å²) in [5.41, 5.74) is 7.83. The number of nitrogens with one attached hydrogen (secondary N) is 1. The van der Waals surface area contributed by atoms with Crippen LogP contribution in [0.15, 0.2) is 47.0 Å². The fraction of sp³-hybridized carbons (Fsp3) is 0.520. The standard InChI is InChI=1S/C25H31F3N8O2/c1-17-24(25(26,27)28)21(14-32-33-17)36-6-2-3-20(36)16-38-15-19(30)11-23(37)35-9-7-34(8-10-35)22-5-4-18(12-29)13-31-22/h4-5,13-14,19-20,33H,1-3,6-11,15-16,30H2/t19-,20-/m0/s1. The summed E-state index contributed by atoms with van der Waals surface area (Å²) < 4.78 is 46.7. The number of carbonyl (C=O) groups is 1. The summed E-state index contributed by atoms with van der Waals surface area (Å²) in [6, 6.07) is 4.77. The van der Waals surface area contributed by atoms with Crippen molar-refractivity contribution in [1.29, 1.82) is 5.26 Å². The zero-order chi connectivity index (χ0) is 27.3. The van der Waals surface area contributed by atoms with Gasteiger partial charge in [-0.25, -0.2) is 4.98 Å². The Morgan fingerprint density at radius 2 is 2.05 bits per heavy atom. The largest absolute Gasteiger partial charge is 0.420 e. The highest BCUT2D eigenvalue weighted by atomic mass is 19.4. The van der Waals surface area contributed by atoms with E-state index in [0.717, 1.165) is 12.2 Å². The Hall–Kier alpha value is -3.63. The normalized spacial score (nSPS) is 21.0. The summed E-state index contributed by atoms with van der Waals surface area (Å²) in [7, 11) is 0. The van der Waals surface area contributed by atoms with Crippen LogP contribution in [0.25, 0.3) is 0 Å². The molecule has 204 valence electrons. The van der Waals surface area contributed by atoms with Crippen molar-refractivity contribution >= 4 is 17.9 Å². The van der Waals surface area contributed by atoms with E-state index in [9.17, 15) is 18.0 Å². The molecule has 13 heteroatoms. The molecule has 1 aromatic heterocycles. The lowest BCUT2D eigenvalue weighted by molar-refractivity contribution is -0.132. The Kier molecular flexibility index (Phi) is 8.53. The van der Waals surface area contributed by atoms with Crippen molar-refractivity contribution in [1.82, 2.24) is 20.2 Å². The number of carbonyl (C=O) groups excluding carboxylic acids is 1. The van der Waals surface area contributed by atoms with Gasteiger partial charge < -0.3 is 25.2 Å². The maximum Gasteiger partial charge on any atom is 0.420 e. The summed E-state index contributed by atoms with van der Waals surface area (Å²) in [6.45, 7) is 6.53. The van der Waals surface area contributed by atoms with Crippen molar-refractivity contribution in [2.75, 3.05) is 50.8 Å². The molecule has 0 saturated carbocycles. The molecule has 0 unspecified atom stereocenters. The van der Waals surface area contributed by atoms with E-state index in [1.165, 1.54) is 12.4 Å². The van der Waals surface area contributed by atoms with E-state index >= 15 is 0 Å². The number of likely N-dealkylation sites (tertiary alicyclic amines) is 1. The van der Waals surface area contributed by atoms with Gasteiger partial charge in [0.05, 0.1) is 42.4 Å². The maximum atomic E-state index is 13.6. The predicted molar refractivity (Wildman–Crippen MR) is 135 cm³/mol. The Balaban J connectivity index is 1.23. The van der Waals surface area contributed by atoms with Crippen LogP contribution in [0.4, 0.5) is 19.0 Å². The number of rotatable bonds is 8. The Morgan fingerprint density at radius 1 is 1.29 bits per heavy atom. The molecule has 3 aliphatic rings. The van der Waals surface area contributed by atoms with Gasteiger partial charge in [0.25, 0.3) is 0 Å². The van der Waals surface area contributed by atoms with Gasteiger partial charge in [0.15, 0.2) is 0 Å². The molecule has 38 heavy (non-hydrogen) atoms. The molecule has 4 heterocycles. The van der Waals surface area contributed by atoms with Gasteiger partial charge in [-0.05, 0) is 25.0 Å². The summed E-state index contributed by atoms with van der Waals surface area (Å²) in [5, 5.41) is 12.7. The van der Waals surface area contributed by atoms with E-state index in [-0.39, 0.29) is 43.0 Å². The van der Waals surface area contributed by atoms with Crippen LogP contribution in [0, 0.1) is 11.3 Å². The zero-order valence-corrected chi connectivity index (χ0v) is 21.0. The second-order valence-electron chi connectivity index (χ2n) is 9.48. The van der Waals surface area contributed by atoms with Crippen molar-refractivity contribution in [3.63, 3.8) is 0 Å². The lowest BCUT2D eigenvalue weighted by Crippen LogP contribution is -2.50. The third-order valence-corrected chi connectivity index (χ3v) is 6.83. The van der Waals surface area contributed by atoms with Gasteiger partial charge in [0, 0.05) is 51.4 Å². The lowest BCUT2D eigenvalue weighted by atomic mass is 10.1. The Bertz CT molecular complexity index is 1120. The molecule has 1 aromatic rings. The first-order valence-corrected chi connectivity index (χ1v) is 12.5. The van der Waals surface area contributed by atoms with Crippen LogP contribution in [0.2, 0.25) is 0 Å². The SMILES string of the molecule is C=C1NN=CC(N2CCC[C@H]2COC[C@@H](N)CC(=O)N2CCN(c3ccc(C#N)cn3)CC2)=C1C(F)(F)F. The van der Waals surface area contributed by atoms with Crippen molar-refractivity contribution < 1.29 is 22.7 Å². The van der Waals surface area contributed by atoms with Crippen molar-refractivity contribution in [2.45, 2.75) is 37.5 Å². The number of nitrogens with two attached hydrogens (primary N) is 1. The number of allylic oxidation sites excluding steroid dienone is 2. The predicted octanol–water partition coefficient (Wildman–Crippen LogP) is 1.72. The number of hydrazone groups is 1. The minimum absolute atomic E-state index is 0.0119. The molecule has 10 nitrogen and oxygen atoms in total. The highest BCUT2D eigenvalue weighted by Crippen LogP contribution is 2.36. The van der Waals surface area contributed by atoms with Crippen LogP contribution in [-0.2, 0) is 9.53 Å². The van der Waals surface area contributed by atoms with E-state index in [1.807, 2.05) is 6.07 Å². The molecule has 3 aliphatic heterocycles. The average Bonchev–Trinajstić information content (AvgIpc) is 3.36. The summed E-state index contributed by atoms with van der Waals surface area (Å²) in [6.07, 6.45) is -0.339. The van der Waals surface area contributed by atoms with E-state index in [1.54, 1.807) is 21.9 Å². The molecule has 0 radical (unpaired) electrons. The van der Waals surface area contributed by atoms with Crippen LogP contribution in [0.1, 0.15) is 24.8 Å². The molecule has 0 bridgehead atoms. The van der Waals surface area contributed by atoms with Crippen LogP contribution in [0.3, 0.4) is 0 Å². The van der Waals surface area contributed by atoms with Gasteiger partial charge in [0.2, 0.25) is 5.91 Å². The van der Waals surface area contributed by atoms with Crippen LogP contribution in [-0.4, -0.2) is 91.1 Å². The number of aromatic nitrogens is 1. The third kappa shape index (κ3) is 6.43. The first-order chi connectivity index (χ1) is 18.2. The number of anilines is 1. The van der Waals surface area contributed by atoms with Crippen molar-refractivity contribution in [2.24, 2.45) is 10.8 Å². The first-order valence-electron chi connectivity index (χ1n) is 12.5. The number of nitrogens with zero attached hydrogens (tertiary/aromatic N) is 6. The molecule has 2 atom stereocenters. The smallest absolute Gasteiger partial charge is 0.378 e. The fourth-order valence-electron chi connectivity index (χ4n) is 4.90.